The van der Waals surface area contributed by atoms with Gasteiger partial charge in [-0.05, 0) is 31.2 Å². The number of nitrogens with two attached hydrogens (primary N) is 1. The van der Waals surface area contributed by atoms with E-state index in [1.54, 1.807) is 25.3 Å². The van der Waals surface area contributed by atoms with Crippen molar-refractivity contribution in [1.82, 2.24) is 9.97 Å². The first-order valence-electron chi connectivity index (χ1n) is 8.63. The Morgan fingerprint density at radius 2 is 2.00 bits per heavy atom. The topological polar surface area (TPSA) is 134 Å². The van der Waals surface area contributed by atoms with Crippen LogP contribution in [0.5, 0.6) is 17.2 Å². The van der Waals surface area contributed by atoms with E-state index in [0.29, 0.717) is 34.8 Å². The van der Waals surface area contributed by atoms with Crippen molar-refractivity contribution >= 4 is 26.6 Å². The molecule has 0 aliphatic carbocycles. The van der Waals surface area contributed by atoms with Gasteiger partial charge < -0.3 is 24.9 Å². The molecule has 3 rings (SSSR count). The number of carbonyl (C=O) groups is 1. The second-order valence-electron chi connectivity index (χ2n) is 6.52. The van der Waals surface area contributed by atoms with Crippen molar-refractivity contribution < 1.29 is 27.4 Å². The number of nitrogens with zero attached hydrogens (tertiary/aromatic N) is 1. The molecule has 2 aromatic heterocycles. The molecular formula is C19H21N3O6S. The number of hydrogen-bond donors (Lipinski definition) is 2. The molecule has 0 bridgehead atoms. The summed E-state index contributed by atoms with van der Waals surface area (Å²) in [5.41, 5.74) is 6.20. The minimum Gasteiger partial charge on any atom is -0.486 e. The lowest BCUT2D eigenvalue weighted by molar-refractivity contribution is 0.0928. The number of fused-ring (bicyclic) bond motifs is 1. The maximum atomic E-state index is 11.5. The summed E-state index contributed by atoms with van der Waals surface area (Å²) < 4.78 is 39.9. The van der Waals surface area contributed by atoms with E-state index in [1.165, 1.54) is 18.3 Å². The molecule has 10 heteroatoms. The van der Waals surface area contributed by atoms with Crippen molar-refractivity contribution in [3.63, 3.8) is 0 Å². The van der Waals surface area contributed by atoms with E-state index in [4.69, 9.17) is 19.9 Å². The van der Waals surface area contributed by atoms with Crippen LogP contribution in [0.1, 0.15) is 17.4 Å². The van der Waals surface area contributed by atoms with E-state index in [1.807, 2.05) is 6.92 Å². The first kappa shape index (κ1) is 20.6. The van der Waals surface area contributed by atoms with E-state index in [0.717, 1.165) is 6.26 Å². The lowest BCUT2D eigenvalue weighted by atomic mass is 10.2. The number of amides is 1. The van der Waals surface area contributed by atoms with Gasteiger partial charge in [-0.25, -0.2) is 13.4 Å². The summed E-state index contributed by atoms with van der Waals surface area (Å²) in [6, 6.07) is 7.83. The molecule has 1 atom stereocenters. The number of primary amides is 1. The van der Waals surface area contributed by atoms with Gasteiger partial charge in [-0.3, -0.25) is 4.79 Å². The fourth-order valence-electron chi connectivity index (χ4n) is 2.74. The average Bonchev–Trinajstić information content (AvgIpc) is 3.06. The van der Waals surface area contributed by atoms with Crippen molar-refractivity contribution in [2.24, 2.45) is 5.73 Å². The normalized spacial score (nSPS) is 12.7. The Balaban J connectivity index is 1.97. The van der Waals surface area contributed by atoms with Crippen LogP contribution in [-0.2, 0) is 14.6 Å². The number of aromatic nitrogens is 2. The molecule has 2 heterocycles. The maximum Gasteiger partial charge on any atom is 0.265 e. The Hall–Kier alpha value is -3.11. The van der Waals surface area contributed by atoms with Crippen LogP contribution in [0.25, 0.3) is 10.9 Å². The van der Waals surface area contributed by atoms with E-state index < -0.39 is 15.7 Å². The molecular weight excluding hydrogens is 398 g/mol. The number of nitrogens with one attached hydrogen (secondary N) is 1. The first-order valence-corrected chi connectivity index (χ1v) is 10.5. The highest BCUT2D eigenvalue weighted by molar-refractivity contribution is 7.90. The van der Waals surface area contributed by atoms with Gasteiger partial charge in [0.05, 0.1) is 18.3 Å². The van der Waals surface area contributed by atoms with Gasteiger partial charge in [0.1, 0.15) is 29.0 Å². The largest absolute Gasteiger partial charge is 0.486 e. The zero-order valence-corrected chi connectivity index (χ0v) is 16.9. The highest BCUT2D eigenvalue weighted by Gasteiger charge is 2.16. The molecule has 1 unspecified atom stereocenters. The van der Waals surface area contributed by atoms with Crippen LogP contribution in [0.2, 0.25) is 0 Å². The predicted molar refractivity (Wildman–Crippen MR) is 106 cm³/mol. The predicted octanol–water partition coefficient (Wildman–Crippen LogP) is 2.27. The minimum absolute atomic E-state index is 0.0468. The number of H-pyrrole nitrogens is 1. The van der Waals surface area contributed by atoms with Gasteiger partial charge in [0, 0.05) is 24.8 Å². The molecule has 0 aliphatic heterocycles. The number of aromatic amines is 1. The first-order chi connectivity index (χ1) is 13.7. The number of sulfone groups is 1. The van der Waals surface area contributed by atoms with Crippen LogP contribution < -0.4 is 15.2 Å². The third-order valence-electron chi connectivity index (χ3n) is 3.99. The van der Waals surface area contributed by atoms with Crippen LogP contribution in [0, 0.1) is 0 Å². The van der Waals surface area contributed by atoms with Gasteiger partial charge in [-0.2, -0.15) is 0 Å². The highest BCUT2D eigenvalue weighted by Crippen LogP contribution is 2.34. The van der Waals surface area contributed by atoms with Gasteiger partial charge in [0.15, 0.2) is 14.9 Å². The Kier molecular flexibility index (Phi) is 5.76. The van der Waals surface area contributed by atoms with Gasteiger partial charge in [-0.15, -0.1) is 0 Å². The zero-order chi connectivity index (χ0) is 21.2. The molecule has 29 heavy (non-hydrogen) atoms. The van der Waals surface area contributed by atoms with Crippen molar-refractivity contribution in [3.8, 4) is 17.2 Å². The summed E-state index contributed by atoms with van der Waals surface area (Å²) in [7, 11) is -1.83. The number of benzene rings is 1. The summed E-state index contributed by atoms with van der Waals surface area (Å²) >= 11 is 0. The van der Waals surface area contributed by atoms with Gasteiger partial charge in [0.2, 0.25) is 0 Å². The van der Waals surface area contributed by atoms with E-state index >= 15 is 0 Å². The summed E-state index contributed by atoms with van der Waals surface area (Å²) in [5, 5.41) is 0.617. The number of ether oxygens (including phenoxy) is 3. The van der Waals surface area contributed by atoms with Gasteiger partial charge in [-0.1, -0.05) is 0 Å². The van der Waals surface area contributed by atoms with Crippen molar-refractivity contribution in [2.45, 2.75) is 18.1 Å². The van der Waals surface area contributed by atoms with Crippen molar-refractivity contribution in [2.75, 3.05) is 20.0 Å². The van der Waals surface area contributed by atoms with Gasteiger partial charge >= 0.3 is 0 Å². The van der Waals surface area contributed by atoms with Crippen LogP contribution in [0.3, 0.4) is 0 Å². The Labute approximate surface area is 167 Å². The number of hydrogen-bond acceptors (Lipinski definition) is 7. The van der Waals surface area contributed by atoms with Crippen molar-refractivity contribution in [1.29, 1.82) is 0 Å². The van der Waals surface area contributed by atoms with Crippen LogP contribution in [-0.4, -0.2) is 50.4 Å². The Morgan fingerprint density at radius 1 is 1.24 bits per heavy atom. The molecule has 9 nitrogen and oxygen atoms in total. The minimum atomic E-state index is -3.40. The fraction of sp³-hybridized carbons (Fsp3) is 0.263. The summed E-state index contributed by atoms with van der Waals surface area (Å²) in [5.74, 6) is 0.620. The van der Waals surface area contributed by atoms with E-state index in [-0.39, 0.29) is 16.8 Å². The van der Waals surface area contributed by atoms with Crippen LogP contribution >= 0.6 is 0 Å². The SMILES string of the molecule is COCC(C)Oc1cc(Oc2ccc(S(C)(=O)=O)nc2)cc2cc(C(N)=O)[nH]c12. The maximum absolute atomic E-state index is 11.5. The van der Waals surface area contributed by atoms with E-state index in [9.17, 15) is 13.2 Å². The average molecular weight is 419 g/mol. The number of pyridine rings is 1. The molecule has 154 valence electrons. The smallest absolute Gasteiger partial charge is 0.265 e. The van der Waals surface area contributed by atoms with E-state index in [2.05, 4.69) is 9.97 Å². The Morgan fingerprint density at radius 3 is 2.59 bits per heavy atom. The molecule has 0 spiro atoms. The molecule has 1 aromatic carbocycles. The molecule has 0 aliphatic rings. The molecule has 3 N–H and O–H groups in total. The second-order valence-corrected chi connectivity index (χ2v) is 8.49. The van der Waals surface area contributed by atoms with Gasteiger partial charge in [0.25, 0.3) is 5.91 Å². The molecule has 0 saturated heterocycles. The zero-order valence-electron chi connectivity index (χ0n) is 16.1. The standard InChI is InChI=1S/C19H21N3O6S/c1-11(10-26-2)27-16-8-14(6-12-7-15(19(20)23)22-18(12)16)28-13-4-5-17(21-9-13)29(3,24)25/h4-9,11,22H,10H2,1-3H3,(H2,20,23). The second kappa shape index (κ2) is 8.10. The third-order valence-corrected chi connectivity index (χ3v) is 4.99. The number of carbonyl (C=O) groups excluding carboxylic acids is 1. The monoisotopic (exact) mass is 419 g/mol. The third kappa shape index (κ3) is 4.84. The molecule has 0 fully saturated rings. The molecule has 0 saturated carbocycles. The van der Waals surface area contributed by atoms with Crippen LogP contribution in [0.15, 0.2) is 41.6 Å². The van der Waals surface area contributed by atoms with Crippen molar-refractivity contribution in [3.05, 3.63) is 42.2 Å². The lowest BCUT2D eigenvalue weighted by Gasteiger charge is -2.16. The molecule has 3 aromatic rings. The summed E-state index contributed by atoms with van der Waals surface area (Å²) in [4.78, 5) is 18.4. The molecule has 0 radical (unpaired) electrons. The quantitative estimate of drug-likeness (QED) is 0.572. The summed E-state index contributed by atoms with van der Waals surface area (Å²) in [6.07, 6.45) is 2.15. The fourth-order valence-corrected chi connectivity index (χ4v) is 3.30. The number of rotatable bonds is 8. The van der Waals surface area contributed by atoms with Crippen LogP contribution in [0.4, 0.5) is 0 Å². The lowest BCUT2D eigenvalue weighted by Crippen LogP contribution is -2.18. The Bertz CT molecular complexity index is 1140. The molecule has 1 amide bonds. The summed E-state index contributed by atoms with van der Waals surface area (Å²) in [6.45, 7) is 2.21. The highest BCUT2D eigenvalue weighted by atomic mass is 32.2. The number of methoxy groups -OCH3 is 1.